The van der Waals surface area contributed by atoms with E-state index < -0.39 is 5.91 Å². The zero-order valence-electron chi connectivity index (χ0n) is 14.6. The van der Waals surface area contributed by atoms with Gasteiger partial charge in [0.25, 0.3) is 0 Å². The highest BCUT2D eigenvalue weighted by Gasteiger charge is 2.24. The molecule has 0 saturated carbocycles. The Morgan fingerprint density at radius 2 is 1.96 bits per heavy atom. The summed E-state index contributed by atoms with van der Waals surface area (Å²) in [6, 6.07) is 9.16. The predicted molar refractivity (Wildman–Crippen MR) is 97.5 cm³/mol. The molecule has 0 aliphatic carbocycles. The second-order valence-corrected chi connectivity index (χ2v) is 8.22. The average Bonchev–Trinajstić information content (AvgIpc) is 3.04. The van der Waals surface area contributed by atoms with Crippen LogP contribution in [0.5, 0.6) is 0 Å². The molecule has 1 atom stereocenters. The predicted octanol–water partition coefficient (Wildman–Crippen LogP) is 3.87. The molecule has 1 amide bonds. The van der Waals surface area contributed by atoms with Crippen LogP contribution in [0.25, 0.3) is 10.9 Å². The maximum Gasteiger partial charge on any atom is 0.249 e. The van der Waals surface area contributed by atoms with Crippen molar-refractivity contribution in [3.05, 3.63) is 47.6 Å². The number of hydrogen-bond acceptors (Lipinski definition) is 6. The van der Waals surface area contributed by atoms with Crippen molar-refractivity contribution in [2.45, 2.75) is 43.4 Å². The summed E-state index contributed by atoms with van der Waals surface area (Å²) in [6.07, 6.45) is 0. The van der Waals surface area contributed by atoms with Crippen molar-refractivity contribution in [2.24, 2.45) is 5.73 Å². The molecule has 0 bridgehead atoms. The Balaban J connectivity index is 1.92. The molecule has 6 nitrogen and oxygen atoms in total. The summed E-state index contributed by atoms with van der Waals surface area (Å²) in [5.41, 5.74) is 6.54. The third-order valence-corrected chi connectivity index (χ3v) is 4.72. The number of aromatic nitrogens is 3. The van der Waals surface area contributed by atoms with E-state index in [0.717, 1.165) is 10.9 Å². The number of carbonyl (C=O) groups excluding carboxylic acids is 1. The van der Waals surface area contributed by atoms with Gasteiger partial charge in [-0.05, 0) is 19.1 Å². The number of fused-ring (bicyclic) bond motifs is 1. The normalized spacial score (nSPS) is 13.1. The zero-order valence-corrected chi connectivity index (χ0v) is 15.4. The molecule has 0 aliphatic rings. The van der Waals surface area contributed by atoms with E-state index >= 15 is 0 Å². The lowest BCUT2D eigenvalue weighted by molar-refractivity contribution is 0.100. The lowest BCUT2D eigenvalue weighted by Gasteiger charge is -2.11. The van der Waals surface area contributed by atoms with E-state index in [1.54, 1.807) is 6.07 Å². The van der Waals surface area contributed by atoms with Crippen LogP contribution in [-0.2, 0) is 5.41 Å². The van der Waals surface area contributed by atoms with Gasteiger partial charge in [-0.3, -0.25) is 4.79 Å². The van der Waals surface area contributed by atoms with Crippen LogP contribution in [0.15, 0.2) is 39.9 Å². The number of primary amides is 1. The molecule has 0 aliphatic heterocycles. The van der Waals surface area contributed by atoms with Gasteiger partial charge in [-0.15, -0.1) is 0 Å². The Hall–Kier alpha value is -2.41. The number of thioether (sulfide) groups is 1. The molecule has 0 spiro atoms. The van der Waals surface area contributed by atoms with E-state index in [-0.39, 0.29) is 10.7 Å². The molecule has 25 heavy (non-hydrogen) atoms. The molecule has 0 saturated heterocycles. The van der Waals surface area contributed by atoms with Gasteiger partial charge in [-0.25, -0.2) is 4.98 Å². The quantitative estimate of drug-likeness (QED) is 0.713. The monoisotopic (exact) mass is 356 g/mol. The topological polar surface area (TPSA) is 94.9 Å². The molecule has 1 aromatic carbocycles. The highest BCUT2D eigenvalue weighted by molar-refractivity contribution is 7.99. The molecule has 0 fully saturated rings. The molecule has 130 valence electrons. The first-order valence-corrected chi connectivity index (χ1v) is 8.84. The van der Waals surface area contributed by atoms with E-state index in [4.69, 9.17) is 10.3 Å². The van der Waals surface area contributed by atoms with E-state index in [0.29, 0.717) is 22.3 Å². The first-order valence-electron chi connectivity index (χ1n) is 7.96. The first kappa shape index (κ1) is 17.4. The Morgan fingerprint density at radius 1 is 1.24 bits per heavy atom. The van der Waals surface area contributed by atoms with Gasteiger partial charge in [-0.2, -0.15) is 4.98 Å². The number of nitrogens with zero attached hydrogens (tertiary/aromatic N) is 3. The molecule has 3 aromatic rings. The molecule has 2 aromatic heterocycles. The summed E-state index contributed by atoms with van der Waals surface area (Å²) in [4.78, 5) is 20.9. The van der Waals surface area contributed by atoms with Crippen LogP contribution < -0.4 is 5.73 Å². The number of amides is 1. The van der Waals surface area contributed by atoms with Gasteiger partial charge in [0.1, 0.15) is 0 Å². The highest BCUT2D eigenvalue weighted by atomic mass is 32.2. The number of pyridine rings is 1. The molecular formula is C18H20N4O2S. The van der Waals surface area contributed by atoms with Crippen molar-refractivity contribution >= 4 is 28.6 Å². The third-order valence-electron chi connectivity index (χ3n) is 3.72. The first-order chi connectivity index (χ1) is 11.8. The molecule has 3 rings (SSSR count). The number of nitrogens with two attached hydrogens (primary N) is 1. The van der Waals surface area contributed by atoms with Crippen LogP contribution >= 0.6 is 11.8 Å². The summed E-state index contributed by atoms with van der Waals surface area (Å²) in [7, 11) is 0. The summed E-state index contributed by atoms with van der Waals surface area (Å²) >= 11 is 1.45. The van der Waals surface area contributed by atoms with E-state index in [1.807, 2.05) is 52.0 Å². The fraction of sp³-hybridized carbons (Fsp3) is 0.333. The second-order valence-electron chi connectivity index (χ2n) is 6.86. The number of benzene rings is 1. The molecule has 7 heteroatoms. The van der Waals surface area contributed by atoms with Gasteiger partial charge in [0.2, 0.25) is 11.8 Å². The molecule has 0 unspecified atom stereocenters. The summed E-state index contributed by atoms with van der Waals surface area (Å²) in [5, 5.41) is 5.39. The van der Waals surface area contributed by atoms with Crippen molar-refractivity contribution in [2.75, 3.05) is 0 Å². The fourth-order valence-electron chi connectivity index (χ4n) is 2.35. The number of rotatable bonds is 4. The number of para-hydroxylation sites is 1. The van der Waals surface area contributed by atoms with Gasteiger partial charge in [0.15, 0.2) is 5.82 Å². The molecular weight excluding hydrogens is 336 g/mol. The summed E-state index contributed by atoms with van der Waals surface area (Å²) in [5.74, 6) is 0.727. The lowest BCUT2D eigenvalue weighted by atomic mass is 9.96. The van der Waals surface area contributed by atoms with Crippen molar-refractivity contribution < 1.29 is 9.32 Å². The van der Waals surface area contributed by atoms with E-state index in [1.165, 1.54) is 11.8 Å². The summed E-state index contributed by atoms with van der Waals surface area (Å²) in [6.45, 7) is 8.06. The Kier molecular flexibility index (Phi) is 4.51. The van der Waals surface area contributed by atoms with Crippen LogP contribution in [0.1, 0.15) is 55.0 Å². The number of hydrogen-bond donors (Lipinski definition) is 1. The Labute approximate surface area is 150 Å². The van der Waals surface area contributed by atoms with Crippen LogP contribution in [-0.4, -0.2) is 21.0 Å². The molecule has 0 radical (unpaired) electrons. The third kappa shape index (κ3) is 3.66. The SMILES string of the molecule is C[C@H](Sc1cc(C(N)=O)c2ccccc2n1)c1nc(C(C)(C)C)no1. The van der Waals surface area contributed by atoms with Gasteiger partial charge >= 0.3 is 0 Å². The maximum absolute atomic E-state index is 11.8. The zero-order chi connectivity index (χ0) is 18.2. The summed E-state index contributed by atoms with van der Waals surface area (Å²) < 4.78 is 5.39. The smallest absolute Gasteiger partial charge is 0.249 e. The highest BCUT2D eigenvalue weighted by Crippen LogP contribution is 2.35. The van der Waals surface area contributed by atoms with E-state index in [9.17, 15) is 4.79 Å². The minimum Gasteiger partial charge on any atom is -0.366 e. The van der Waals surface area contributed by atoms with Gasteiger partial charge in [0, 0.05) is 10.8 Å². The lowest BCUT2D eigenvalue weighted by Crippen LogP contribution is -2.13. The van der Waals surface area contributed by atoms with Crippen molar-refractivity contribution in [1.82, 2.24) is 15.1 Å². The van der Waals surface area contributed by atoms with Crippen molar-refractivity contribution in [3.8, 4) is 0 Å². The van der Waals surface area contributed by atoms with Crippen LogP contribution in [0.4, 0.5) is 0 Å². The van der Waals surface area contributed by atoms with Crippen LogP contribution in [0.2, 0.25) is 0 Å². The standard InChI is InChI=1S/C18H20N4O2S/c1-10(16-21-17(22-24-16)18(2,3)4)25-14-9-12(15(19)23)11-7-5-6-8-13(11)20-14/h5-10H,1-4H3,(H2,19,23)/t10-/m0/s1. The van der Waals surface area contributed by atoms with Crippen LogP contribution in [0.3, 0.4) is 0 Å². The fourth-order valence-corrected chi connectivity index (χ4v) is 3.25. The maximum atomic E-state index is 11.8. The minimum atomic E-state index is -0.471. The van der Waals surface area contributed by atoms with Crippen molar-refractivity contribution in [3.63, 3.8) is 0 Å². The average molecular weight is 356 g/mol. The van der Waals surface area contributed by atoms with Gasteiger partial charge in [0.05, 0.1) is 21.4 Å². The molecule has 2 heterocycles. The largest absolute Gasteiger partial charge is 0.366 e. The Bertz CT molecular complexity index is 930. The Morgan fingerprint density at radius 3 is 2.60 bits per heavy atom. The molecule has 2 N–H and O–H groups in total. The minimum absolute atomic E-state index is 0.0991. The van der Waals surface area contributed by atoms with Gasteiger partial charge < -0.3 is 10.3 Å². The number of carbonyl (C=O) groups is 1. The van der Waals surface area contributed by atoms with E-state index in [2.05, 4.69) is 15.1 Å². The van der Waals surface area contributed by atoms with Crippen molar-refractivity contribution in [1.29, 1.82) is 0 Å². The second kappa shape index (κ2) is 6.48. The van der Waals surface area contributed by atoms with Gasteiger partial charge in [-0.1, -0.05) is 55.9 Å². The van der Waals surface area contributed by atoms with Crippen LogP contribution in [0, 0.1) is 0 Å².